The fourth-order valence-corrected chi connectivity index (χ4v) is 4.16. The molecule has 0 saturated heterocycles. The smallest absolute Gasteiger partial charge is 0.455 e. The summed E-state index contributed by atoms with van der Waals surface area (Å²) in [6.45, 7) is -0.658. The van der Waals surface area contributed by atoms with Gasteiger partial charge in [-0.05, 0) is 49.8 Å². The minimum atomic E-state index is -5.89. The van der Waals surface area contributed by atoms with Crippen LogP contribution in [0, 0.1) is 5.92 Å². The molecule has 3 atom stereocenters. The highest BCUT2D eigenvalue weighted by atomic mass is 19.4. The molecule has 0 aromatic heterocycles. The van der Waals surface area contributed by atoms with Gasteiger partial charge in [-0.1, -0.05) is 42.5 Å². The second kappa shape index (κ2) is 13.0. The minimum absolute atomic E-state index is 0.344. The van der Waals surface area contributed by atoms with Gasteiger partial charge in [-0.2, -0.15) is 22.0 Å². The highest BCUT2D eigenvalue weighted by Crippen LogP contribution is 2.42. The molecule has 250 valence electrons. The van der Waals surface area contributed by atoms with Crippen LogP contribution in [0.4, 0.5) is 36.4 Å². The van der Waals surface area contributed by atoms with E-state index in [0.717, 1.165) is 35.0 Å². The zero-order chi connectivity index (χ0) is 34.8. The van der Waals surface area contributed by atoms with Gasteiger partial charge in [0.1, 0.15) is 6.04 Å². The van der Waals surface area contributed by atoms with Crippen molar-refractivity contribution >= 4 is 35.3 Å². The molecule has 17 heteroatoms. The molecule has 1 fully saturated rings. The van der Waals surface area contributed by atoms with E-state index in [4.69, 9.17) is 5.11 Å². The van der Waals surface area contributed by atoms with E-state index in [-0.39, 0.29) is 0 Å². The molecule has 1 aliphatic carbocycles. The number of nitrogens with two attached hydrogens (primary N) is 1. The number of hydrogen-bond donors (Lipinski definition) is 4. The van der Waals surface area contributed by atoms with Gasteiger partial charge in [0, 0.05) is 12.1 Å². The van der Waals surface area contributed by atoms with Crippen molar-refractivity contribution in [2.24, 2.45) is 11.7 Å². The van der Waals surface area contributed by atoms with E-state index in [2.05, 4.69) is 11.1 Å². The number of anilines is 1. The number of hydrogen-bond acceptors (Lipinski definition) is 5. The molecule has 46 heavy (non-hydrogen) atoms. The number of aliphatic carboxylic acids is 1. The van der Waals surface area contributed by atoms with Crippen molar-refractivity contribution in [1.82, 2.24) is 10.6 Å². The summed E-state index contributed by atoms with van der Waals surface area (Å²) in [5.74, 6) is -12.3. The van der Waals surface area contributed by atoms with Crippen LogP contribution in [0.25, 0.3) is 11.1 Å². The van der Waals surface area contributed by atoms with Crippen molar-refractivity contribution in [3.63, 3.8) is 0 Å². The maximum absolute atomic E-state index is 14.4. The molecular weight excluding hydrogens is 633 g/mol. The van der Waals surface area contributed by atoms with Gasteiger partial charge >= 0.3 is 18.1 Å². The Hall–Kier alpha value is -4.70. The Morgan fingerprint density at radius 2 is 1.41 bits per heavy atom. The molecule has 2 aliphatic rings. The minimum Gasteiger partial charge on any atom is -0.478 e. The van der Waals surface area contributed by atoms with Gasteiger partial charge in [0.25, 0.3) is 35.0 Å². The van der Waals surface area contributed by atoms with Crippen molar-refractivity contribution in [2.75, 3.05) is 18.0 Å². The Balaban J connectivity index is 0.000000292. The van der Waals surface area contributed by atoms with Gasteiger partial charge in [0.2, 0.25) is 0 Å². The van der Waals surface area contributed by atoms with Gasteiger partial charge in [0.15, 0.2) is 0 Å². The number of carbonyl (C=O) groups is 5. The average molecular weight is 663 g/mol. The Kier molecular flexibility index (Phi) is 10.1. The summed E-state index contributed by atoms with van der Waals surface area (Å²) in [5, 5.41) is 12.4. The number of amides is 4. The molecule has 0 bridgehead atoms. The highest BCUT2D eigenvalue weighted by molar-refractivity contribution is 6.10. The van der Waals surface area contributed by atoms with Crippen LogP contribution in [-0.2, 0) is 24.0 Å². The molecule has 1 unspecified atom stereocenters. The quantitative estimate of drug-likeness (QED) is 0.237. The topological polar surface area (TPSA) is 159 Å². The van der Waals surface area contributed by atoms with Crippen molar-refractivity contribution in [2.45, 2.75) is 56.2 Å². The van der Waals surface area contributed by atoms with Crippen LogP contribution < -0.4 is 21.3 Å². The SMILES string of the molecule is CC(F)(C(N)=O)C(=O)NCC(F)(F)C(F)(F)F.C[C@@](F)(C(=O)O)C(=O)N[C@@H]1C(=O)N(CC2CC2)c2ccccc2-c2ccccc21. The predicted molar refractivity (Wildman–Crippen MR) is 148 cm³/mol. The summed E-state index contributed by atoms with van der Waals surface area (Å²) in [4.78, 5) is 59.9. The summed E-state index contributed by atoms with van der Waals surface area (Å²) in [6, 6.07) is 13.4. The molecular formula is C29H29F7N4O6. The third-order valence-corrected chi connectivity index (χ3v) is 7.29. The van der Waals surface area contributed by atoms with Crippen LogP contribution in [0.1, 0.15) is 38.3 Å². The number of primary amides is 1. The number of carboxylic acid groups (broad SMARTS) is 1. The number of fused-ring (bicyclic) bond motifs is 3. The Labute approximate surface area is 257 Å². The number of alkyl halides is 7. The Bertz CT molecular complexity index is 1530. The zero-order valence-corrected chi connectivity index (χ0v) is 24.3. The summed E-state index contributed by atoms with van der Waals surface area (Å²) in [6.07, 6.45) is -3.84. The lowest BCUT2D eigenvalue weighted by molar-refractivity contribution is -0.278. The number of para-hydroxylation sites is 1. The number of nitrogens with one attached hydrogen (secondary N) is 2. The van der Waals surface area contributed by atoms with Gasteiger partial charge in [-0.15, -0.1) is 0 Å². The number of carboxylic acids is 1. The Morgan fingerprint density at radius 3 is 1.93 bits per heavy atom. The van der Waals surface area contributed by atoms with Crippen LogP contribution in [-0.4, -0.2) is 71.2 Å². The number of carbonyl (C=O) groups excluding carboxylic acids is 4. The number of halogens is 7. The van der Waals surface area contributed by atoms with Crippen molar-refractivity contribution in [3.05, 3.63) is 54.1 Å². The molecule has 1 saturated carbocycles. The lowest BCUT2D eigenvalue weighted by atomic mass is 9.95. The molecule has 4 amide bonds. The van der Waals surface area contributed by atoms with Crippen LogP contribution in [0.15, 0.2) is 48.5 Å². The van der Waals surface area contributed by atoms with Gasteiger partial charge in [-0.25, -0.2) is 13.6 Å². The lowest BCUT2D eigenvalue weighted by Gasteiger charge is -2.27. The molecule has 2 aromatic rings. The summed E-state index contributed by atoms with van der Waals surface area (Å²) < 4.78 is 87.0. The standard InChI is InChI=1S/C22H21FN2O4.C7H8F6N2O2/c1-22(23,21(28)29)20(27)24-18-16-8-3-2-6-14(16)15-7-4-5-9-17(15)25(19(18)26)12-13-10-11-13;1-5(8,3(14)16)4(17)15-2-6(9,10)7(11,12)13/h2-9,13,18H,10-12H2,1H3,(H,24,27)(H,28,29);2H2,1H3,(H2,14,16)(H,15,17)/t18-,22-;/m0./s1. The number of benzene rings is 2. The first-order valence-corrected chi connectivity index (χ1v) is 13.6. The predicted octanol–water partition coefficient (Wildman–Crippen LogP) is 3.59. The second-order valence-electron chi connectivity index (χ2n) is 11.0. The molecule has 0 spiro atoms. The number of nitrogens with zero attached hydrogens (tertiary/aromatic N) is 1. The lowest BCUT2D eigenvalue weighted by Crippen LogP contribution is -2.54. The summed E-state index contributed by atoms with van der Waals surface area (Å²) in [7, 11) is 0. The van der Waals surface area contributed by atoms with E-state index in [0.29, 0.717) is 31.9 Å². The van der Waals surface area contributed by atoms with E-state index in [1.54, 1.807) is 17.0 Å². The van der Waals surface area contributed by atoms with Crippen LogP contribution in [0.3, 0.4) is 0 Å². The van der Waals surface area contributed by atoms with E-state index in [1.807, 2.05) is 36.4 Å². The third kappa shape index (κ3) is 7.56. The molecule has 2 aromatic carbocycles. The number of rotatable bonds is 9. The normalized spacial score (nSPS) is 18.7. The van der Waals surface area contributed by atoms with Gasteiger partial charge in [0.05, 0.1) is 12.2 Å². The molecule has 5 N–H and O–H groups in total. The first-order valence-electron chi connectivity index (χ1n) is 13.6. The summed E-state index contributed by atoms with van der Waals surface area (Å²) in [5.41, 5.74) is 0.741. The van der Waals surface area contributed by atoms with Crippen LogP contribution in [0.5, 0.6) is 0 Å². The molecule has 1 aliphatic heterocycles. The van der Waals surface area contributed by atoms with Gasteiger partial charge in [-0.3, -0.25) is 19.2 Å². The molecule has 0 radical (unpaired) electrons. The monoisotopic (exact) mass is 662 g/mol. The largest absolute Gasteiger partial charge is 0.478 e. The second-order valence-corrected chi connectivity index (χ2v) is 11.0. The van der Waals surface area contributed by atoms with E-state index >= 15 is 0 Å². The fraction of sp³-hybridized carbons (Fsp3) is 0.414. The van der Waals surface area contributed by atoms with E-state index < -0.39 is 65.6 Å². The van der Waals surface area contributed by atoms with Gasteiger partial charge < -0.3 is 26.4 Å². The summed E-state index contributed by atoms with van der Waals surface area (Å²) >= 11 is 0. The van der Waals surface area contributed by atoms with Crippen molar-refractivity contribution < 1.29 is 59.8 Å². The first-order chi connectivity index (χ1) is 21.1. The van der Waals surface area contributed by atoms with Crippen molar-refractivity contribution in [1.29, 1.82) is 0 Å². The van der Waals surface area contributed by atoms with Crippen molar-refractivity contribution in [3.8, 4) is 11.1 Å². The van der Waals surface area contributed by atoms with E-state index in [1.165, 1.54) is 0 Å². The van der Waals surface area contributed by atoms with E-state index in [9.17, 15) is 54.7 Å². The fourth-order valence-electron chi connectivity index (χ4n) is 4.16. The maximum atomic E-state index is 14.4. The Morgan fingerprint density at radius 1 is 0.870 bits per heavy atom. The maximum Gasteiger partial charge on any atom is 0.455 e. The first kappa shape index (κ1) is 35.8. The highest BCUT2D eigenvalue weighted by Gasteiger charge is 2.58. The average Bonchev–Trinajstić information content (AvgIpc) is 3.81. The molecule has 1 heterocycles. The molecule has 4 rings (SSSR count). The molecule has 10 nitrogen and oxygen atoms in total. The van der Waals surface area contributed by atoms with Crippen LogP contribution in [0.2, 0.25) is 0 Å². The zero-order valence-electron chi connectivity index (χ0n) is 24.3. The third-order valence-electron chi connectivity index (χ3n) is 7.29. The van der Waals surface area contributed by atoms with Crippen LogP contribution >= 0.6 is 0 Å².